The molecule has 0 fully saturated rings. The van der Waals surface area contributed by atoms with Crippen LogP contribution in [0.1, 0.15) is 207 Å². The predicted molar refractivity (Wildman–Crippen MR) is 176 cm³/mol. The first-order valence-corrected chi connectivity index (χ1v) is 18.4. The zero-order valence-electron chi connectivity index (χ0n) is 28.1. The largest absolute Gasteiger partial charge is 0.466 e. The van der Waals surface area contributed by atoms with Crippen LogP contribution >= 0.6 is 0 Å². The number of esters is 2. The molecule has 0 bridgehead atoms. The molecule has 0 aliphatic heterocycles. The Hall–Kier alpha value is -1.06. The summed E-state index contributed by atoms with van der Waals surface area (Å²) in [7, 11) is 0. The second kappa shape index (κ2) is 33.4. The van der Waals surface area contributed by atoms with Crippen LogP contribution in [0.5, 0.6) is 0 Å². The molecule has 0 aliphatic rings. The maximum Gasteiger partial charge on any atom is 0.306 e. The number of rotatable bonds is 33. The van der Waals surface area contributed by atoms with E-state index in [-0.39, 0.29) is 11.9 Å². The Morgan fingerprint density at radius 1 is 0.439 bits per heavy atom. The van der Waals surface area contributed by atoms with E-state index in [9.17, 15) is 9.59 Å². The van der Waals surface area contributed by atoms with Gasteiger partial charge in [0.05, 0.1) is 13.2 Å². The topological polar surface area (TPSA) is 52.6 Å². The molecule has 1 atom stereocenters. The zero-order valence-corrected chi connectivity index (χ0v) is 28.1. The lowest BCUT2D eigenvalue weighted by atomic mass is 9.98. The molecule has 1 unspecified atom stereocenters. The summed E-state index contributed by atoms with van der Waals surface area (Å²) in [6, 6.07) is 0. The minimum Gasteiger partial charge on any atom is -0.466 e. The highest BCUT2D eigenvalue weighted by molar-refractivity contribution is 5.69. The highest BCUT2D eigenvalue weighted by atomic mass is 16.5. The van der Waals surface area contributed by atoms with E-state index >= 15 is 0 Å². The molecule has 0 amide bonds. The van der Waals surface area contributed by atoms with E-state index in [4.69, 9.17) is 9.47 Å². The van der Waals surface area contributed by atoms with Crippen molar-refractivity contribution >= 4 is 11.9 Å². The third-order valence-corrected chi connectivity index (χ3v) is 8.36. The molecule has 244 valence electrons. The van der Waals surface area contributed by atoms with Gasteiger partial charge in [-0.05, 0) is 25.2 Å². The minimum atomic E-state index is 0.00185. The Morgan fingerprint density at radius 3 is 1.22 bits per heavy atom. The standard InChI is InChI=1S/C37H72O4/c1-4-6-8-10-24-28-32-40-36(38)31-27-23-21-19-17-15-13-12-14-16-18-20-22-26-30-35(3)34-37(39)41-33-29-25-11-9-7-5-2/h35H,4-34H2,1-3H3. The molecule has 41 heavy (non-hydrogen) atoms. The van der Waals surface area contributed by atoms with E-state index in [0.29, 0.717) is 32.0 Å². The summed E-state index contributed by atoms with van der Waals surface area (Å²) >= 11 is 0. The summed E-state index contributed by atoms with van der Waals surface area (Å²) in [5, 5.41) is 0. The van der Waals surface area contributed by atoms with Gasteiger partial charge in [-0.25, -0.2) is 0 Å². The van der Waals surface area contributed by atoms with Crippen molar-refractivity contribution in [2.75, 3.05) is 13.2 Å². The zero-order chi connectivity index (χ0) is 30.1. The van der Waals surface area contributed by atoms with Gasteiger partial charge in [-0.15, -0.1) is 0 Å². The van der Waals surface area contributed by atoms with E-state index in [1.165, 1.54) is 141 Å². The van der Waals surface area contributed by atoms with Gasteiger partial charge in [-0.3, -0.25) is 9.59 Å². The minimum absolute atomic E-state index is 0.00185. The molecule has 0 heterocycles. The summed E-state index contributed by atoms with van der Waals surface area (Å²) in [4.78, 5) is 23.8. The van der Waals surface area contributed by atoms with Crippen LogP contribution in [0.15, 0.2) is 0 Å². The number of carbonyl (C=O) groups is 2. The number of unbranched alkanes of at least 4 members (excludes halogenated alkanes) is 23. The first-order valence-electron chi connectivity index (χ1n) is 18.4. The maximum atomic E-state index is 12.0. The van der Waals surface area contributed by atoms with Crippen molar-refractivity contribution in [3.63, 3.8) is 0 Å². The van der Waals surface area contributed by atoms with Gasteiger partial charge in [0.2, 0.25) is 0 Å². The summed E-state index contributed by atoms with van der Waals surface area (Å²) in [5.74, 6) is 0.453. The summed E-state index contributed by atoms with van der Waals surface area (Å²) in [6.45, 7) is 7.89. The summed E-state index contributed by atoms with van der Waals surface area (Å²) < 4.78 is 10.8. The number of ether oxygens (including phenoxy) is 2. The van der Waals surface area contributed by atoms with Gasteiger partial charge in [-0.1, -0.05) is 175 Å². The molecule has 0 saturated carbocycles. The summed E-state index contributed by atoms with van der Waals surface area (Å²) in [5.41, 5.74) is 0. The quantitative estimate of drug-likeness (QED) is 0.0572. The Bertz CT molecular complexity index is 547. The third kappa shape index (κ3) is 33.3. The van der Waals surface area contributed by atoms with Crippen molar-refractivity contribution in [3.05, 3.63) is 0 Å². The average Bonchev–Trinajstić information content (AvgIpc) is 2.96. The van der Waals surface area contributed by atoms with Crippen LogP contribution in [-0.4, -0.2) is 25.2 Å². The molecule has 0 aromatic heterocycles. The van der Waals surface area contributed by atoms with Crippen LogP contribution < -0.4 is 0 Å². The molecule has 0 saturated heterocycles. The molecular formula is C37H72O4. The van der Waals surface area contributed by atoms with E-state index < -0.39 is 0 Å². The molecule has 0 N–H and O–H groups in total. The number of hydrogen-bond acceptors (Lipinski definition) is 4. The number of carbonyl (C=O) groups excluding carboxylic acids is 2. The third-order valence-electron chi connectivity index (χ3n) is 8.36. The molecule has 4 heteroatoms. The van der Waals surface area contributed by atoms with Gasteiger partial charge in [0.25, 0.3) is 0 Å². The van der Waals surface area contributed by atoms with Crippen LogP contribution in [-0.2, 0) is 19.1 Å². The first kappa shape index (κ1) is 39.9. The van der Waals surface area contributed by atoms with Crippen molar-refractivity contribution < 1.29 is 19.1 Å². The molecule has 0 rings (SSSR count). The Labute approximate surface area is 256 Å². The van der Waals surface area contributed by atoms with Crippen LogP contribution in [0, 0.1) is 5.92 Å². The Balaban J connectivity index is 3.28. The second-order valence-corrected chi connectivity index (χ2v) is 12.8. The fourth-order valence-corrected chi connectivity index (χ4v) is 5.54. The van der Waals surface area contributed by atoms with Crippen molar-refractivity contribution in [3.8, 4) is 0 Å². The average molecular weight is 581 g/mol. The number of hydrogen-bond donors (Lipinski definition) is 0. The van der Waals surface area contributed by atoms with Crippen molar-refractivity contribution in [2.45, 2.75) is 207 Å². The van der Waals surface area contributed by atoms with Gasteiger partial charge < -0.3 is 9.47 Å². The van der Waals surface area contributed by atoms with Gasteiger partial charge in [0.15, 0.2) is 0 Å². The first-order chi connectivity index (χ1) is 20.1. The summed E-state index contributed by atoms with van der Waals surface area (Å²) in [6.07, 6.45) is 35.2. The van der Waals surface area contributed by atoms with Crippen molar-refractivity contribution in [1.29, 1.82) is 0 Å². The Kier molecular flexibility index (Phi) is 32.6. The fraction of sp³-hybridized carbons (Fsp3) is 0.946. The van der Waals surface area contributed by atoms with Gasteiger partial charge in [-0.2, -0.15) is 0 Å². The van der Waals surface area contributed by atoms with Crippen LogP contribution in [0.2, 0.25) is 0 Å². The molecule has 4 nitrogen and oxygen atoms in total. The monoisotopic (exact) mass is 581 g/mol. The lowest BCUT2D eigenvalue weighted by molar-refractivity contribution is -0.145. The Morgan fingerprint density at radius 2 is 0.780 bits per heavy atom. The highest BCUT2D eigenvalue weighted by Gasteiger charge is 2.10. The normalized spacial score (nSPS) is 12.0. The smallest absolute Gasteiger partial charge is 0.306 e. The van der Waals surface area contributed by atoms with E-state index in [0.717, 1.165) is 32.1 Å². The fourth-order valence-electron chi connectivity index (χ4n) is 5.54. The van der Waals surface area contributed by atoms with Gasteiger partial charge in [0.1, 0.15) is 0 Å². The van der Waals surface area contributed by atoms with Gasteiger partial charge >= 0.3 is 11.9 Å². The highest BCUT2D eigenvalue weighted by Crippen LogP contribution is 2.17. The van der Waals surface area contributed by atoms with Gasteiger partial charge in [0, 0.05) is 12.8 Å². The van der Waals surface area contributed by atoms with E-state index in [1.807, 2.05) is 0 Å². The lowest BCUT2D eigenvalue weighted by Gasteiger charge is -2.11. The van der Waals surface area contributed by atoms with E-state index in [2.05, 4.69) is 20.8 Å². The van der Waals surface area contributed by atoms with Crippen LogP contribution in [0.3, 0.4) is 0 Å². The second-order valence-electron chi connectivity index (χ2n) is 12.8. The van der Waals surface area contributed by atoms with Crippen molar-refractivity contribution in [2.24, 2.45) is 5.92 Å². The lowest BCUT2D eigenvalue weighted by Crippen LogP contribution is -2.10. The van der Waals surface area contributed by atoms with Crippen molar-refractivity contribution in [1.82, 2.24) is 0 Å². The molecule has 0 aromatic carbocycles. The maximum absolute atomic E-state index is 12.0. The molecule has 0 radical (unpaired) electrons. The molecule has 0 spiro atoms. The van der Waals surface area contributed by atoms with Crippen LogP contribution in [0.4, 0.5) is 0 Å². The van der Waals surface area contributed by atoms with E-state index in [1.54, 1.807) is 0 Å². The molecule has 0 aliphatic carbocycles. The molecule has 0 aromatic rings. The SMILES string of the molecule is CCCCCCCCOC(=O)CCCCCCCCCCCCCCCCC(C)CC(=O)OCCCCCCCC. The van der Waals surface area contributed by atoms with Crippen LogP contribution in [0.25, 0.3) is 0 Å². The molecular weight excluding hydrogens is 508 g/mol. The predicted octanol–water partition coefficient (Wildman–Crippen LogP) is 12.1.